The minimum Gasteiger partial charge on any atom is -0.479 e. The van der Waals surface area contributed by atoms with Crippen LogP contribution in [0.2, 0.25) is 0 Å². The second-order valence-electron chi connectivity index (χ2n) is 14.1. The number of rotatable bonds is 12. The second-order valence-corrected chi connectivity index (χ2v) is 14.1. The molecule has 2 aliphatic rings. The van der Waals surface area contributed by atoms with Crippen LogP contribution in [0.4, 0.5) is 0 Å². The summed E-state index contributed by atoms with van der Waals surface area (Å²) >= 11 is 0. The van der Waals surface area contributed by atoms with Crippen molar-refractivity contribution in [2.45, 2.75) is 115 Å². The molecule has 1 saturated carbocycles. The molecule has 5 amide bonds. The Balaban J connectivity index is 1.51. The van der Waals surface area contributed by atoms with Gasteiger partial charge in [0.25, 0.3) is 5.91 Å². The van der Waals surface area contributed by atoms with Crippen LogP contribution in [-0.2, 0) is 40.0 Å². The van der Waals surface area contributed by atoms with E-state index in [1.54, 1.807) is 25.1 Å². The number of Topliss-reactive ketones (excluding diaryl/α,β-unsaturated/α-hetero) is 1. The first kappa shape index (κ1) is 41.4. The molecular weight excluding hydrogens is 690 g/mol. The minimum absolute atomic E-state index is 0.0795. The predicted octanol–water partition coefficient (Wildman–Crippen LogP) is 3.67. The predicted molar refractivity (Wildman–Crippen MR) is 203 cm³/mol. The summed E-state index contributed by atoms with van der Waals surface area (Å²) in [6, 6.07) is 11.0. The van der Waals surface area contributed by atoms with Crippen molar-refractivity contribution in [3.63, 3.8) is 0 Å². The molecule has 2 aromatic rings. The van der Waals surface area contributed by atoms with Crippen molar-refractivity contribution in [1.82, 2.24) is 26.6 Å². The third kappa shape index (κ3) is 13.0. The van der Waals surface area contributed by atoms with Crippen molar-refractivity contribution in [3.05, 3.63) is 77.4 Å². The van der Waals surface area contributed by atoms with E-state index < -0.39 is 66.1 Å². The number of fused-ring (bicyclic) bond motifs is 2. The van der Waals surface area contributed by atoms with E-state index in [0.717, 1.165) is 62.5 Å². The highest BCUT2D eigenvalue weighted by atomic mass is 16.4. The number of carboxylic acids is 1. The Kier molecular flexibility index (Phi) is 16.4. The fraction of sp³-hybridized carbons (Fsp3) is 0.488. The van der Waals surface area contributed by atoms with Gasteiger partial charge in [0.1, 0.15) is 12.1 Å². The molecule has 1 fully saturated rings. The zero-order valence-corrected chi connectivity index (χ0v) is 30.9. The highest BCUT2D eigenvalue weighted by molar-refractivity contribution is 6.38. The SMILES string of the molecule is CCCC(NC(=O)C1Cc2cccc(c2)/C=C\CCCCCC(=O)NC(C2CCCCC2)C(=O)N1)C(=O)C(=O)NCC(=O)NC(C(=O)O)c1ccccc1. The number of nitrogens with one attached hydrogen (secondary N) is 5. The molecule has 13 nitrogen and oxygen atoms in total. The van der Waals surface area contributed by atoms with Crippen molar-refractivity contribution in [2.24, 2.45) is 5.92 Å². The summed E-state index contributed by atoms with van der Waals surface area (Å²) in [6.45, 7) is 1.10. The fourth-order valence-corrected chi connectivity index (χ4v) is 6.97. The first-order valence-corrected chi connectivity index (χ1v) is 19.1. The molecular formula is C41H53N5O8. The summed E-state index contributed by atoms with van der Waals surface area (Å²) in [6.07, 6.45) is 12.8. The molecule has 4 unspecified atom stereocenters. The molecule has 2 bridgehead atoms. The van der Waals surface area contributed by atoms with Crippen LogP contribution in [-0.4, -0.2) is 71.1 Å². The highest BCUT2D eigenvalue weighted by Gasteiger charge is 2.35. The Hall–Kier alpha value is -5.33. The standard InChI is InChI=1S/C41H53N5O8/c1-2-15-31(37(49)40(52)42-26-34(48)46-36(41(53)54)30-21-11-7-12-22-30)43-38(50)32-25-28-18-14-17-27(24-28)16-8-4-3-5-13-23-33(47)45-35(39(51)44-32)29-19-9-6-10-20-29/h7-8,11-12,14,16-18,21-22,24,29,31-32,35-36H,2-6,9-10,13,15,19-20,23,25-26H2,1H3,(H,42,52)(H,43,50)(H,44,51)(H,45,47)(H,46,48)(H,53,54)/b16-8-. The van der Waals surface area contributed by atoms with Gasteiger partial charge >= 0.3 is 5.97 Å². The average Bonchev–Trinajstić information content (AvgIpc) is 3.17. The van der Waals surface area contributed by atoms with Gasteiger partial charge in [-0.1, -0.05) is 106 Å². The zero-order chi connectivity index (χ0) is 38.9. The van der Waals surface area contributed by atoms with Crippen LogP contribution >= 0.6 is 0 Å². The molecule has 290 valence electrons. The maximum atomic E-state index is 14.0. The number of carbonyl (C=O) groups is 7. The van der Waals surface area contributed by atoms with E-state index in [1.807, 2.05) is 30.3 Å². The van der Waals surface area contributed by atoms with Crippen molar-refractivity contribution in [1.29, 1.82) is 0 Å². The molecule has 0 aromatic heterocycles. The molecule has 1 aliphatic heterocycles. The van der Waals surface area contributed by atoms with Gasteiger partial charge < -0.3 is 31.7 Å². The van der Waals surface area contributed by atoms with E-state index in [1.165, 1.54) is 12.1 Å². The third-order valence-electron chi connectivity index (χ3n) is 9.86. The molecule has 1 heterocycles. The highest BCUT2D eigenvalue weighted by Crippen LogP contribution is 2.27. The molecule has 4 atom stereocenters. The van der Waals surface area contributed by atoms with Gasteiger partial charge in [0, 0.05) is 12.8 Å². The number of hydrogen-bond donors (Lipinski definition) is 6. The largest absolute Gasteiger partial charge is 0.479 e. The number of benzene rings is 2. The first-order valence-electron chi connectivity index (χ1n) is 19.1. The number of ketones is 1. The van der Waals surface area contributed by atoms with Crippen LogP contribution < -0.4 is 26.6 Å². The van der Waals surface area contributed by atoms with Gasteiger partial charge in [0.05, 0.1) is 12.6 Å². The summed E-state index contributed by atoms with van der Waals surface area (Å²) in [4.78, 5) is 91.9. The van der Waals surface area contributed by atoms with Crippen molar-refractivity contribution >= 4 is 47.4 Å². The van der Waals surface area contributed by atoms with Gasteiger partial charge in [-0.05, 0) is 61.1 Å². The lowest BCUT2D eigenvalue weighted by Gasteiger charge is -2.31. The van der Waals surface area contributed by atoms with Gasteiger partial charge in [-0.25, -0.2) is 4.79 Å². The minimum atomic E-state index is -1.37. The molecule has 13 heteroatoms. The fourth-order valence-electron chi connectivity index (χ4n) is 6.97. The van der Waals surface area contributed by atoms with Gasteiger partial charge in [0.2, 0.25) is 29.4 Å². The summed E-state index contributed by atoms with van der Waals surface area (Å²) < 4.78 is 0. The Bertz CT molecular complexity index is 1660. The van der Waals surface area contributed by atoms with E-state index in [-0.39, 0.29) is 24.7 Å². The third-order valence-corrected chi connectivity index (χ3v) is 9.86. The summed E-state index contributed by atoms with van der Waals surface area (Å²) in [7, 11) is 0. The topological polar surface area (TPSA) is 200 Å². The van der Waals surface area contributed by atoms with Crippen LogP contribution in [0, 0.1) is 5.92 Å². The molecule has 0 radical (unpaired) electrons. The lowest BCUT2D eigenvalue weighted by Crippen LogP contribution is -2.59. The lowest BCUT2D eigenvalue weighted by molar-refractivity contribution is -0.142. The van der Waals surface area contributed by atoms with Crippen LogP contribution in [0.5, 0.6) is 0 Å². The quantitative estimate of drug-likeness (QED) is 0.177. The molecule has 6 N–H and O–H groups in total. The van der Waals surface area contributed by atoms with Crippen LogP contribution in [0.1, 0.15) is 107 Å². The van der Waals surface area contributed by atoms with Crippen molar-refractivity contribution in [3.8, 4) is 0 Å². The molecule has 54 heavy (non-hydrogen) atoms. The first-order chi connectivity index (χ1) is 26.0. The Morgan fingerprint density at radius 1 is 0.870 bits per heavy atom. The molecule has 2 aromatic carbocycles. The van der Waals surface area contributed by atoms with Crippen LogP contribution in [0.25, 0.3) is 6.08 Å². The van der Waals surface area contributed by atoms with Gasteiger partial charge in [0.15, 0.2) is 6.04 Å². The van der Waals surface area contributed by atoms with E-state index in [2.05, 4.69) is 32.7 Å². The van der Waals surface area contributed by atoms with Crippen molar-refractivity contribution < 1.29 is 38.7 Å². The van der Waals surface area contributed by atoms with Gasteiger partial charge in [-0.3, -0.25) is 28.8 Å². The summed E-state index contributed by atoms with van der Waals surface area (Å²) in [5.74, 6) is -5.71. The van der Waals surface area contributed by atoms with Gasteiger partial charge in [-0.15, -0.1) is 0 Å². The zero-order valence-electron chi connectivity index (χ0n) is 30.9. The number of amides is 5. The number of allylic oxidation sites excluding steroid dienone is 1. The maximum absolute atomic E-state index is 14.0. The Morgan fingerprint density at radius 2 is 1.61 bits per heavy atom. The second kappa shape index (κ2) is 21.4. The molecule has 0 spiro atoms. The normalized spacial score (nSPS) is 20.5. The van der Waals surface area contributed by atoms with E-state index in [0.29, 0.717) is 24.8 Å². The monoisotopic (exact) mass is 743 g/mol. The number of carbonyl (C=O) groups excluding carboxylic acids is 6. The number of aliphatic carboxylic acids is 1. The molecule has 1 aliphatic carbocycles. The smallest absolute Gasteiger partial charge is 0.330 e. The van der Waals surface area contributed by atoms with Gasteiger partial charge in [-0.2, -0.15) is 0 Å². The van der Waals surface area contributed by atoms with Crippen molar-refractivity contribution in [2.75, 3.05) is 6.54 Å². The Morgan fingerprint density at radius 3 is 2.33 bits per heavy atom. The Labute approximate surface area is 316 Å². The van der Waals surface area contributed by atoms with Crippen LogP contribution in [0.15, 0.2) is 60.7 Å². The molecule has 4 rings (SSSR count). The average molecular weight is 744 g/mol. The summed E-state index contributed by atoms with van der Waals surface area (Å²) in [5.41, 5.74) is 2.02. The number of hydrogen-bond acceptors (Lipinski definition) is 7. The molecule has 0 saturated heterocycles. The summed E-state index contributed by atoms with van der Waals surface area (Å²) in [5, 5.41) is 22.7. The van der Waals surface area contributed by atoms with E-state index >= 15 is 0 Å². The number of carboxylic acid groups (broad SMARTS) is 1. The lowest BCUT2D eigenvalue weighted by atomic mass is 9.83. The van der Waals surface area contributed by atoms with Crippen LogP contribution in [0.3, 0.4) is 0 Å². The van der Waals surface area contributed by atoms with E-state index in [9.17, 15) is 38.7 Å². The maximum Gasteiger partial charge on any atom is 0.330 e. The van der Waals surface area contributed by atoms with E-state index in [4.69, 9.17) is 0 Å².